The molecule has 0 spiro atoms. The first kappa shape index (κ1) is 12.3. The van der Waals surface area contributed by atoms with E-state index in [4.69, 9.17) is 21.4 Å². The maximum absolute atomic E-state index is 11.1. The van der Waals surface area contributed by atoms with Gasteiger partial charge in [0.1, 0.15) is 22.8 Å². The van der Waals surface area contributed by atoms with Crippen LogP contribution in [0.5, 0.6) is 5.75 Å². The number of ether oxygens (including phenoxy) is 1. The Morgan fingerprint density at radius 3 is 2.50 bits per heavy atom. The summed E-state index contributed by atoms with van der Waals surface area (Å²) in [7, 11) is 1.55. The zero-order valence-electron chi connectivity index (χ0n) is 9.42. The second kappa shape index (κ2) is 5.01. The number of carboxylic acids is 1. The molecule has 0 unspecified atom stereocenters. The summed E-state index contributed by atoms with van der Waals surface area (Å²) in [6.07, 6.45) is 1.23. The molecule has 1 N–H and O–H groups in total. The van der Waals surface area contributed by atoms with Crippen LogP contribution in [0.4, 0.5) is 0 Å². The Kier molecular flexibility index (Phi) is 3.43. The second-order valence-electron chi connectivity index (χ2n) is 3.42. The minimum atomic E-state index is -1.16. The molecule has 0 aliphatic heterocycles. The summed E-state index contributed by atoms with van der Waals surface area (Å²) in [5, 5.41) is 9.04. The molecule has 0 atom stereocenters. The van der Waals surface area contributed by atoms with Gasteiger partial charge in [0.2, 0.25) is 0 Å². The average Bonchev–Trinajstić information content (AvgIpc) is 2.38. The number of nitrogens with zero attached hydrogens (tertiary/aromatic N) is 2. The lowest BCUT2D eigenvalue weighted by Crippen LogP contribution is -2.04. The number of hydrogen-bond donors (Lipinski definition) is 1. The van der Waals surface area contributed by atoms with E-state index in [1.54, 1.807) is 31.4 Å². The predicted octanol–water partition coefficient (Wildman–Crippen LogP) is 2.50. The molecule has 0 radical (unpaired) electrons. The number of carbonyl (C=O) groups is 1. The van der Waals surface area contributed by atoms with Crippen LogP contribution >= 0.6 is 11.6 Å². The van der Waals surface area contributed by atoms with Gasteiger partial charge in [-0.1, -0.05) is 11.6 Å². The van der Waals surface area contributed by atoms with Crippen molar-refractivity contribution < 1.29 is 14.6 Å². The van der Waals surface area contributed by atoms with E-state index in [0.29, 0.717) is 11.3 Å². The van der Waals surface area contributed by atoms with Gasteiger partial charge in [-0.25, -0.2) is 14.8 Å². The smallest absolute Gasteiger partial charge is 0.341 e. The van der Waals surface area contributed by atoms with Crippen LogP contribution in [0, 0.1) is 0 Å². The maximum atomic E-state index is 11.1. The molecule has 0 saturated heterocycles. The minimum absolute atomic E-state index is 0.0803. The van der Waals surface area contributed by atoms with Gasteiger partial charge in [0.15, 0.2) is 0 Å². The fraction of sp³-hybridized carbons (Fsp3) is 0.0833. The van der Waals surface area contributed by atoms with Crippen LogP contribution in [0.2, 0.25) is 5.15 Å². The molecule has 5 nitrogen and oxygen atoms in total. The Morgan fingerprint density at radius 2 is 1.94 bits per heavy atom. The highest BCUT2D eigenvalue weighted by atomic mass is 35.5. The molecule has 2 aromatic rings. The van der Waals surface area contributed by atoms with Crippen LogP contribution in [0.3, 0.4) is 0 Å². The van der Waals surface area contributed by atoms with Gasteiger partial charge in [-0.3, -0.25) is 0 Å². The summed E-state index contributed by atoms with van der Waals surface area (Å²) in [5.41, 5.74) is 0.812. The van der Waals surface area contributed by atoms with Gasteiger partial charge in [-0.15, -0.1) is 0 Å². The van der Waals surface area contributed by atoms with Crippen molar-refractivity contribution in [3.63, 3.8) is 0 Å². The molecule has 0 aliphatic carbocycles. The van der Waals surface area contributed by atoms with E-state index >= 15 is 0 Å². The average molecular weight is 265 g/mol. The standard InChI is InChI=1S/C12H9ClN2O3/c1-18-8-4-2-7(3-5-8)10-9(12(16)17)11(13)15-6-14-10/h2-6H,1H3,(H,16,17). The van der Waals surface area contributed by atoms with Crippen LogP contribution in [0.1, 0.15) is 10.4 Å². The number of rotatable bonds is 3. The number of halogens is 1. The summed E-state index contributed by atoms with van der Waals surface area (Å²) in [4.78, 5) is 18.8. The normalized spacial score (nSPS) is 10.1. The van der Waals surface area contributed by atoms with E-state index in [1.807, 2.05) is 0 Å². The largest absolute Gasteiger partial charge is 0.497 e. The lowest BCUT2D eigenvalue weighted by Gasteiger charge is -2.06. The first-order chi connectivity index (χ1) is 8.63. The fourth-order valence-corrected chi connectivity index (χ4v) is 1.74. The van der Waals surface area contributed by atoms with Crippen LogP contribution in [-0.2, 0) is 0 Å². The van der Waals surface area contributed by atoms with Crippen molar-refractivity contribution in [2.24, 2.45) is 0 Å². The summed E-state index contributed by atoms with van der Waals surface area (Å²) >= 11 is 5.78. The van der Waals surface area contributed by atoms with E-state index in [9.17, 15) is 4.79 Å². The topological polar surface area (TPSA) is 72.3 Å². The lowest BCUT2D eigenvalue weighted by molar-refractivity contribution is 0.0697. The molecule has 0 fully saturated rings. The Hall–Kier alpha value is -2.14. The molecule has 1 heterocycles. The number of aromatic carboxylic acids is 1. The third-order valence-corrected chi connectivity index (χ3v) is 2.66. The highest BCUT2D eigenvalue weighted by Crippen LogP contribution is 2.26. The van der Waals surface area contributed by atoms with Crippen LogP contribution < -0.4 is 4.74 Å². The van der Waals surface area contributed by atoms with Crippen LogP contribution in [-0.4, -0.2) is 28.2 Å². The maximum Gasteiger partial charge on any atom is 0.341 e. The molecular formula is C12H9ClN2O3. The molecule has 1 aromatic carbocycles. The van der Waals surface area contributed by atoms with Crippen molar-refractivity contribution in [2.45, 2.75) is 0 Å². The summed E-state index contributed by atoms with van der Waals surface area (Å²) in [6, 6.07) is 6.86. The van der Waals surface area contributed by atoms with Gasteiger partial charge in [0, 0.05) is 5.56 Å². The van der Waals surface area contributed by atoms with Crippen molar-refractivity contribution in [3.05, 3.63) is 41.3 Å². The van der Waals surface area contributed by atoms with E-state index in [2.05, 4.69) is 9.97 Å². The molecule has 0 saturated carbocycles. The Morgan fingerprint density at radius 1 is 1.28 bits per heavy atom. The Bertz CT molecular complexity index is 584. The monoisotopic (exact) mass is 264 g/mol. The minimum Gasteiger partial charge on any atom is -0.497 e. The fourth-order valence-electron chi connectivity index (χ4n) is 1.52. The molecule has 2 rings (SSSR count). The van der Waals surface area contributed by atoms with Crippen LogP contribution in [0.15, 0.2) is 30.6 Å². The van der Waals surface area contributed by atoms with E-state index in [0.717, 1.165) is 0 Å². The first-order valence-electron chi connectivity index (χ1n) is 5.01. The molecule has 1 aromatic heterocycles. The van der Waals surface area contributed by atoms with Gasteiger partial charge >= 0.3 is 5.97 Å². The number of hydrogen-bond acceptors (Lipinski definition) is 4. The van der Waals surface area contributed by atoms with Gasteiger partial charge in [0.05, 0.1) is 12.8 Å². The highest BCUT2D eigenvalue weighted by Gasteiger charge is 2.18. The molecule has 0 amide bonds. The number of methoxy groups -OCH3 is 1. The van der Waals surface area contributed by atoms with Crippen molar-refractivity contribution in [1.82, 2.24) is 9.97 Å². The second-order valence-corrected chi connectivity index (χ2v) is 3.78. The highest BCUT2D eigenvalue weighted by molar-refractivity contribution is 6.32. The van der Waals surface area contributed by atoms with Crippen molar-refractivity contribution in [1.29, 1.82) is 0 Å². The molecular weight excluding hydrogens is 256 g/mol. The third-order valence-electron chi connectivity index (χ3n) is 2.38. The van der Waals surface area contributed by atoms with E-state index in [1.165, 1.54) is 6.33 Å². The first-order valence-corrected chi connectivity index (χ1v) is 5.39. The van der Waals surface area contributed by atoms with Gasteiger partial charge in [0.25, 0.3) is 0 Å². The van der Waals surface area contributed by atoms with Crippen molar-refractivity contribution in [2.75, 3.05) is 7.11 Å². The van der Waals surface area contributed by atoms with Crippen molar-refractivity contribution in [3.8, 4) is 17.0 Å². The van der Waals surface area contributed by atoms with E-state index in [-0.39, 0.29) is 16.4 Å². The molecule has 0 aliphatic rings. The van der Waals surface area contributed by atoms with Crippen LogP contribution in [0.25, 0.3) is 11.3 Å². The Labute approximate surface area is 108 Å². The lowest BCUT2D eigenvalue weighted by atomic mass is 10.1. The number of benzene rings is 1. The molecule has 18 heavy (non-hydrogen) atoms. The summed E-state index contributed by atoms with van der Waals surface area (Å²) in [6.45, 7) is 0. The third kappa shape index (κ3) is 2.26. The van der Waals surface area contributed by atoms with E-state index < -0.39 is 5.97 Å². The van der Waals surface area contributed by atoms with Gasteiger partial charge in [-0.2, -0.15) is 0 Å². The quantitative estimate of drug-likeness (QED) is 0.863. The number of carboxylic acid groups (broad SMARTS) is 1. The molecule has 92 valence electrons. The zero-order valence-corrected chi connectivity index (χ0v) is 10.2. The van der Waals surface area contributed by atoms with Gasteiger partial charge in [-0.05, 0) is 24.3 Å². The van der Waals surface area contributed by atoms with Crippen molar-refractivity contribution >= 4 is 17.6 Å². The Balaban J connectivity index is 2.56. The molecule has 6 heteroatoms. The zero-order chi connectivity index (χ0) is 13.1. The number of aromatic nitrogens is 2. The molecule has 0 bridgehead atoms. The van der Waals surface area contributed by atoms with Gasteiger partial charge < -0.3 is 9.84 Å². The predicted molar refractivity (Wildman–Crippen MR) is 66.0 cm³/mol. The summed E-state index contributed by atoms with van der Waals surface area (Å²) in [5.74, 6) is -0.484. The summed E-state index contributed by atoms with van der Waals surface area (Å²) < 4.78 is 5.03. The SMILES string of the molecule is COc1ccc(-c2ncnc(Cl)c2C(=O)O)cc1.